The summed E-state index contributed by atoms with van der Waals surface area (Å²) >= 11 is 6.14. The highest BCUT2D eigenvalue weighted by molar-refractivity contribution is 6.16. The molecule has 0 saturated carbocycles. The lowest BCUT2D eigenvalue weighted by molar-refractivity contribution is 0.210. The lowest BCUT2D eigenvalue weighted by Crippen LogP contribution is -2.27. The fourth-order valence-electron chi connectivity index (χ4n) is 2.55. The van der Waals surface area contributed by atoms with E-state index in [0.29, 0.717) is 11.8 Å². The summed E-state index contributed by atoms with van der Waals surface area (Å²) in [4.78, 5) is 4.76. The molecular weight excluding hydrogens is 284 g/mol. The molecule has 0 N–H and O–H groups in total. The van der Waals surface area contributed by atoms with Crippen molar-refractivity contribution in [3.63, 3.8) is 0 Å². The van der Waals surface area contributed by atoms with Crippen LogP contribution in [0.25, 0.3) is 11.2 Å². The van der Waals surface area contributed by atoms with E-state index in [1.807, 2.05) is 11.7 Å². The van der Waals surface area contributed by atoms with Crippen LogP contribution in [0.2, 0.25) is 0 Å². The molecule has 0 saturated heterocycles. The van der Waals surface area contributed by atoms with Crippen LogP contribution < -0.4 is 0 Å². The average Bonchev–Trinajstić information content (AvgIpc) is 2.89. The minimum Gasteiger partial charge on any atom is -0.311 e. The standard InChI is InChI=1S/C16H27ClN4/c1-7-8-12-14-15(20(6)19-12)21(13(9-17)18-14)10-16(4,5)11(2)3/h11H,7-10H2,1-6H3. The first-order valence-electron chi connectivity index (χ1n) is 7.78. The molecule has 0 atom stereocenters. The van der Waals surface area contributed by atoms with Gasteiger partial charge in [-0.3, -0.25) is 4.68 Å². The molecule has 0 amide bonds. The third-order valence-electron chi connectivity index (χ3n) is 4.61. The molecule has 21 heavy (non-hydrogen) atoms. The van der Waals surface area contributed by atoms with Crippen molar-refractivity contribution in [2.45, 2.75) is 59.9 Å². The minimum absolute atomic E-state index is 0.184. The summed E-state index contributed by atoms with van der Waals surface area (Å²) in [6.07, 6.45) is 2.04. The van der Waals surface area contributed by atoms with Crippen molar-refractivity contribution in [1.82, 2.24) is 19.3 Å². The predicted molar refractivity (Wildman–Crippen MR) is 88.7 cm³/mol. The second-order valence-electron chi connectivity index (χ2n) is 6.88. The van der Waals surface area contributed by atoms with Gasteiger partial charge in [-0.2, -0.15) is 5.10 Å². The number of hydrogen-bond acceptors (Lipinski definition) is 2. The van der Waals surface area contributed by atoms with Gasteiger partial charge in [-0.05, 0) is 17.8 Å². The SMILES string of the molecule is CCCc1nn(C)c2c1nc(CCl)n2CC(C)(C)C(C)C. The van der Waals surface area contributed by atoms with E-state index >= 15 is 0 Å². The molecule has 0 fully saturated rings. The third-order valence-corrected chi connectivity index (χ3v) is 4.84. The normalized spacial score (nSPS) is 12.8. The van der Waals surface area contributed by atoms with E-state index in [1.165, 1.54) is 0 Å². The molecule has 2 heterocycles. The Balaban J connectivity index is 2.56. The van der Waals surface area contributed by atoms with Crippen LogP contribution in [0, 0.1) is 11.3 Å². The van der Waals surface area contributed by atoms with Gasteiger partial charge in [-0.25, -0.2) is 4.98 Å². The van der Waals surface area contributed by atoms with Crippen LogP contribution in [-0.4, -0.2) is 19.3 Å². The van der Waals surface area contributed by atoms with Gasteiger partial charge in [0, 0.05) is 13.6 Å². The van der Waals surface area contributed by atoms with Crippen LogP contribution in [0.1, 0.15) is 52.6 Å². The first-order valence-corrected chi connectivity index (χ1v) is 8.32. The van der Waals surface area contributed by atoms with Crippen LogP contribution in [-0.2, 0) is 25.9 Å². The predicted octanol–water partition coefficient (Wildman–Crippen LogP) is 4.14. The largest absolute Gasteiger partial charge is 0.311 e. The first kappa shape index (κ1) is 16.3. The number of imidazole rings is 1. The van der Waals surface area contributed by atoms with Crippen molar-refractivity contribution in [2.75, 3.05) is 0 Å². The number of aryl methyl sites for hydroxylation is 2. The molecule has 0 unspecified atom stereocenters. The number of halogens is 1. The van der Waals surface area contributed by atoms with Gasteiger partial charge >= 0.3 is 0 Å². The maximum absolute atomic E-state index is 6.14. The third kappa shape index (κ3) is 2.96. The Morgan fingerprint density at radius 1 is 1.29 bits per heavy atom. The zero-order valence-electron chi connectivity index (χ0n) is 14.1. The number of hydrogen-bond donors (Lipinski definition) is 0. The molecule has 0 spiro atoms. The molecule has 0 aliphatic rings. The lowest BCUT2D eigenvalue weighted by Gasteiger charge is -2.30. The van der Waals surface area contributed by atoms with Crippen molar-refractivity contribution >= 4 is 22.8 Å². The highest BCUT2D eigenvalue weighted by atomic mass is 35.5. The Labute approximate surface area is 132 Å². The van der Waals surface area contributed by atoms with Crippen molar-refractivity contribution < 1.29 is 0 Å². The van der Waals surface area contributed by atoms with Crippen molar-refractivity contribution in [1.29, 1.82) is 0 Å². The Morgan fingerprint density at radius 3 is 2.48 bits per heavy atom. The van der Waals surface area contributed by atoms with Crippen LogP contribution >= 0.6 is 11.6 Å². The minimum atomic E-state index is 0.184. The topological polar surface area (TPSA) is 35.6 Å². The second-order valence-corrected chi connectivity index (χ2v) is 7.15. The van der Waals surface area contributed by atoms with Crippen LogP contribution in [0.5, 0.6) is 0 Å². The summed E-state index contributed by atoms with van der Waals surface area (Å²) in [6.45, 7) is 12.2. The summed E-state index contributed by atoms with van der Waals surface area (Å²) < 4.78 is 4.22. The summed E-state index contributed by atoms with van der Waals surface area (Å²) in [5, 5.41) is 4.64. The number of rotatable bonds is 6. The fraction of sp³-hybridized carbons (Fsp3) is 0.750. The quantitative estimate of drug-likeness (QED) is 0.752. The van der Waals surface area contributed by atoms with Crippen molar-refractivity contribution in [2.24, 2.45) is 18.4 Å². The number of nitrogens with zero attached hydrogens (tertiary/aromatic N) is 4. The van der Waals surface area contributed by atoms with E-state index in [-0.39, 0.29) is 5.41 Å². The first-order chi connectivity index (χ1) is 9.81. The molecule has 0 aliphatic heterocycles. The van der Waals surface area contributed by atoms with Crippen LogP contribution in [0.4, 0.5) is 0 Å². The summed E-state index contributed by atoms with van der Waals surface area (Å²) in [5.41, 5.74) is 3.39. The number of aromatic nitrogens is 4. The fourth-order valence-corrected chi connectivity index (χ4v) is 2.75. The highest BCUT2D eigenvalue weighted by Crippen LogP contribution is 2.31. The van der Waals surface area contributed by atoms with E-state index in [0.717, 1.165) is 42.1 Å². The Hall–Kier alpha value is -1.03. The van der Waals surface area contributed by atoms with Gasteiger partial charge in [0.25, 0.3) is 0 Å². The Kier molecular flexibility index (Phi) is 4.66. The monoisotopic (exact) mass is 310 g/mol. The van der Waals surface area contributed by atoms with Gasteiger partial charge in [0.05, 0.1) is 11.6 Å². The zero-order chi connectivity index (χ0) is 15.8. The van der Waals surface area contributed by atoms with E-state index in [1.54, 1.807) is 0 Å². The summed E-state index contributed by atoms with van der Waals surface area (Å²) in [7, 11) is 2.00. The van der Waals surface area contributed by atoms with E-state index in [4.69, 9.17) is 16.6 Å². The molecule has 0 aromatic carbocycles. The van der Waals surface area contributed by atoms with E-state index in [9.17, 15) is 0 Å². The van der Waals surface area contributed by atoms with E-state index in [2.05, 4.69) is 44.3 Å². The molecule has 2 aromatic heterocycles. The van der Waals surface area contributed by atoms with E-state index < -0.39 is 0 Å². The molecule has 0 aliphatic carbocycles. The molecule has 2 aromatic rings. The molecule has 0 bridgehead atoms. The number of alkyl halides is 1. The maximum atomic E-state index is 6.14. The van der Waals surface area contributed by atoms with Crippen LogP contribution in [0.3, 0.4) is 0 Å². The molecule has 0 radical (unpaired) electrons. The molecule has 118 valence electrons. The molecule has 2 rings (SSSR count). The molecular formula is C16H27ClN4. The van der Waals surface area contributed by atoms with Gasteiger partial charge in [0.15, 0.2) is 5.65 Å². The number of fused-ring (bicyclic) bond motifs is 1. The van der Waals surface area contributed by atoms with Gasteiger partial charge < -0.3 is 4.57 Å². The van der Waals surface area contributed by atoms with Crippen molar-refractivity contribution in [3.8, 4) is 0 Å². The molecule has 4 nitrogen and oxygen atoms in total. The maximum Gasteiger partial charge on any atom is 0.158 e. The highest BCUT2D eigenvalue weighted by Gasteiger charge is 2.27. The Morgan fingerprint density at radius 2 is 1.95 bits per heavy atom. The zero-order valence-corrected chi connectivity index (χ0v) is 14.8. The average molecular weight is 311 g/mol. The van der Waals surface area contributed by atoms with Crippen LogP contribution in [0.15, 0.2) is 0 Å². The summed E-state index contributed by atoms with van der Waals surface area (Å²) in [6, 6.07) is 0. The van der Waals surface area contributed by atoms with Gasteiger partial charge in [-0.1, -0.05) is 41.0 Å². The van der Waals surface area contributed by atoms with Crippen molar-refractivity contribution in [3.05, 3.63) is 11.5 Å². The van der Waals surface area contributed by atoms with Gasteiger partial charge in [0.2, 0.25) is 0 Å². The van der Waals surface area contributed by atoms with Gasteiger partial charge in [-0.15, -0.1) is 11.6 Å². The smallest absolute Gasteiger partial charge is 0.158 e. The Bertz CT molecular complexity index is 622. The summed E-state index contributed by atoms with van der Waals surface area (Å²) in [5.74, 6) is 1.97. The molecule has 5 heteroatoms. The lowest BCUT2D eigenvalue weighted by atomic mass is 9.81. The second kappa shape index (κ2) is 5.99. The van der Waals surface area contributed by atoms with Gasteiger partial charge in [0.1, 0.15) is 11.3 Å².